The van der Waals surface area contributed by atoms with Gasteiger partial charge in [0.15, 0.2) is 0 Å². The summed E-state index contributed by atoms with van der Waals surface area (Å²) < 4.78 is 5.76. The maximum Gasteiger partial charge on any atom is 0.261 e. The van der Waals surface area contributed by atoms with E-state index in [4.69, 9.17) is 4.42 Å². The number of fused-ring (bicyclic) bond motifs is 1. The van der Waals surface area contributed by atoms with Crippen LogP contribution in [0.1, 0.15) is 22.4 Å². The Morgan fingerprint density at radius 3 is 2.90 bits per heavy atom. The van der Waals surface area contributed by atoms with Crippen molar-refractivity contribution in [2.75, 3.05) is 0 Å². The first-order valence-corrected chi connectivity index (χ1v) is 7.42. The fraction of sp³-hybridized carbons (Fsp3) is 0.188. The first-order chi connectivity index (χ1) is 9.72. The fourth-order valence-electron chi connectivity index (χ4n) is 2.19. The summed E-state index contributed by atoms with van der Waals surface area (Å²) in [7, 11) is 0. The van der Waals surface area contributed by atoms with Crippen LogP contribution in [0.4, 0.5) is 0 Å². The van der Waals surface area contributed by atoms with Crippen molar-refractivity contribution >= 4 is 28.2 Å². The number of hydrogen-bond acceptors (Lipinski definition) is 3. The molecule has 0 bridgehead atoms. The standard InChI is InChI=1S/C16H15NO2S/c1-11(17-16(18)15-7-4-8-20-15)9-13-10-12-5-2-3-6-14(12)19-13/h2-8,10-11H,9H2,1H3,(H,17,18)/t11-/m0/s1. The smallest absolute Gasteiger partial charge is 0.261 e. The summed E-state index contributed by atoms with van der Waals surface area (Å²) in [4.78, 5) is 12.7. The van der Waals surface area contributed by atoms with Crippen molar-refractivity contribution in [3.8, 4) is 0 Å². The molecule has 2 heterocycles. The molecule has 0 unspecified atom stereocenters. The summed E-state index contributed by atoms with van der Waals surface area (Å²) in [5.74, 6) is 0.869. The number of hydrogen-bond donors (Lipinski definition) is 1. The molecule has 102 valence electrons. The summed E-state index contributed by atoms with van der Waals surface area (Å²) in [5.41, 5.74) is 0.888. The van der Waals surface area contributed by atoms with Crippen molar-refractivity contribution in [2.45, 2.75) is 19.4 Å². The predicted octanol–water partition coefficient (Wildman–Crippen LogP) is 3.86. The zero-order valence-corrected chi connectivity index (χ0v) is 11.9. The van der Waals surface area contributed by atoms with E-state index in [9.17, 15) is 4.79 Å². The van der Waals surface area contributed by atoms with Crippen LogP contribution in [-0.4, -0.2) is 11.9 Å². The summed E-state index contributed by atoms with van der Waals surface area (Å²) in [6.45, 7) is 1.98. The van der Waals surface area contributed by atoms with Gasteiger partial charge in [0.2, 0.25) is 0 Å². The second-order valence-electron chi connectivity index (χ2n) is 4.81. The minimum atomic E-state index is -0.0244. The van der Waals surface area contributed by atoms with Crippen LogP contribution >= 0.6 is 11.3 Å². The Kier molecular flexibility index (Phi) is 3.56. The molecule has 1 aromatic carbocycles. The third kappa shape index (κ3) is 2.75. The van der Waals surface area contributed by atoms with E-state index in [1.165, 1.54) is 11.3 Å². The quantitative estimate of drug-likeness (QED) is 0.791. The molecule has 0 saturated heterocycles. The van der Waals surface area contributed by atoms with Crippen LogP contribution in [0, 0.1) is 0 Å². The van der Waals surface area contributed by atoms with E-state index in [-0.39, 0.29) is 11.9 Å². The Morgan fingerprint density at radius 1 is 1.30 bits per heavy atom. The molecule has 0 fully saturated rings. The maximum absolute atomic E-state index is 11.9. The van der Waals surface area contributed by atoms with Gasteiger partial charge in [0, 0.05) is 17.8 Å². The molecule has 0 spiro atoms. The highest BCUT2D eigenvalue weighted by Crippen LogP contribution is 2.20. The van der Waals surface area contributed by atoms with Crippen LogP contribution in [0.25, 0.3) is 11.0 Å². The molecule has 3 aromatic rings. The van der Waals surface area contributed by atoms with E-state index in [0.29, 0.717) is 6.42 Å². The Balaban J connectivity index is 1.66. The molecule has 0 aliphatic rings. The third-order valence-corrected chi connectivity index (χ3v) is 3.98. The van der Waals surface area contributed by atoms with Gasteiger partial charge < -0.3 is 9.73 Å². The molecule has 3 rings (SSSR count). The lowest BCUT2D eigenvalue weighted by Gasteiger charge is -2.11. The molecule has 3 nitrogen and oxygen atoms in total. The number of carbonyl (C=O) groups is 1. The number of rotatable bonds is 4. The zero-order chi connectivity index (χ0) is 13.9. The molecule has 1 atom stereocenters. The average molecular weight is 285 g/mol. The Labute approximate surface area is 121 Å². The number of furan rings is 1. The molecular weight excluding hydrogens is 270 g/mol. The van der Waals surface area contributed by atoms with Crippen LogP contribution in [-0.2, 0) is 6.42 Å². The van der Waals surface area contributed by atoms with Gasteiger partial charge in [-0.05, 0) is 30.5 Å². The zero-order valence-electron chi connectivity index (χ0n) is 11.1. The largest absolute Gasteiger partial charge is 0.461 e. The lowest BCUT2D eigenvalue weighted by atomic mass is 10.2. The summed E-state index contributed by atoms with van der Waals surface area (Å²) in [6.07, 6.45) is 0.686. The number of amides is 1. The van der Waals surface area contributed by atoms with E-state index in [1.54, 1.807) is 0 Å². The second kappa shape index (κ2) is 5.51. The number of carbonyl (C=O) groups excluding carboxylic acids is 1. The van der Waals surface area contributed by atoms with Gasteiger partial charge in [-0.2, -0.15) is 0 Å². The van der Waals surface area contributed by atoms with Gasteiger partial charge in [0.1, 0.15) is 11.3 Å². The van der Waals surface area contributed by atoms with Crippen LogP contribution in [0.5, 0.6) is 0 Å². The number of thiophene rings is 1. The molecular formula is C16H15NO2S. The van der Waals surface area contributed by atoms with Crippen LogP contribution in [0.3, 0.4) is 0 Å². The van der Waals surface area contributed by atoms with Gasteiger partial charge >= 0.3 is 0 Å². The fourth-order valence-corrected chi connectivity index (χ4v) is 2.82. The summed E-state index contributed by atoms with van der Waals surface area (Å²) in [5, 5.41) is 5.98. The SMILES string of the molecule is C[C@@H](Cc1cc2ccccc2o1)NC(=O)c1cccs1. The molecule has 20 heavy (non-hydrogen) atoms. The van der Waals surface area contributed by atoms with Crippen LogP contribution in [0.2, 0.25) is 0 Å². The molecule has 0 radical (unpaired) electrons. The average Bonchev–Trinajstić information content (AvgIpc) is 3.07. The summed E-state index contributed by atoms with van der Waals surface area (Å²) >= 11 is 1.45. The van der Waals surface area contributed by atoms with Gasteiger partial charge in [0.25, 0.3) is 5.91 Å². The Morgan fingerprint density at radius 2 is 2.15 bits per heavy atom. The molecule has 0 saturated carbocycles. The maximum atomic E-state index is 11.9. The highest BCUT2D eigenvalue weighted by atomic mass is 32.1. The van der Waals surface area contributed by atoms with E-state index < -0.39 is 0 Å². The highest BCUT2D eigenvalue weighted by molar-refractivity contribution is 7.12. The van der Waals surface area contributed by atoms with Crippen LogP contribution in [0.15, 0.2) is 52.3 Å². The normalized spacial score (nSPS) is 12.4. The highest BCUT2D eigenvalue weighted by Gasteiger charge is 2.13. The first-order valence-electron chi connectivity index (χ1n) is 6.54. The van der Waals surface area contributed by atoms with Gasteiger partial charge in [-0.1, -0.05) is 24.3 Å². The number of benzene rings is 1. The van der Waals surface area contributed by atoms with Crippen molar-refractivity contribution in [3.05, 3.63) is 58.5 Å². The lowest BCUT2D eigenvalue weighted by molar-refractivity contribution is 0.0943. The second-order valence-corrected chi connectivity index (χ2v) is 5.75. The van der Waals surface area contributed by atoms with Crippen molar-refractivity contribution in [3.63, 3.8) is 0 Å². The molecule has 0 aliphatic carbocycles. The van der Waals surface area contributed by atoms with Gasteiger partial charge in [-0.3, -0.25) is 4.79 Å². The van der Waals surface area contributed by atoms with E-state index in [0.717, 1.165) is 21.6 Å². The molecule has 2 aromatic heterocycles. The number of para-hydroxylation sites is 1. The lowest BCUT2D eigenvalue weighted by Crippen LogP contribution is -2.33. The monoisotopic (exact) mass is 285 g/mol. The Hall–Kier alpha value is -2.07. The van der Waals surface area contributed by atoms with Crippen molar-refractivity contribution in [2.24, 2.45) is 0 Å². The van der Waals surface area contributed by atoms with Gasteiger partial charge in [-0.15, -0.1) is 11.3 Å². The minimum absolute atomic E-state index is 0.0244. The van der Waals surface area contributed by atoms with Crippen molar-refractivity contribution in [1.82, 2.24) is 5.32 Å². The third-order valence-electron chi connectivity index (χ3n) is 3.11. The van der Waals surface area contributed by atoms with E-state index >= 15 is 0 Å². The predicted molar refractivity (Wildman–Crippen MR) is 81.2 cm³/mol. The van der Waals surface area contributed by atoms with E-state index in [1.807, 2.05) is 54.8 Å². The van der Waals surface area contributed by atoms with Gasteiger partial charge in [0.05, 0.1) is 4.88 Å². The van der Waals surface area contributed by atoms with Gasteiger partial charge in [-0.25, -0.2) is 0 Å². The first kappa shape index (κ1) is 12.9. The van der Waals surface area contributed by atoms with E-state index in [2.05, 4.69) is 5.32 Å². The van der Waals surface area contributed by atoms with Crippen molar-refractivity contribution < 1.29 is 9.21 Å². The molecule has 4 heteroatoms. The topological polar surface area (TPSA) is 42.2 Å². The van der Waals surface area contributed by atoms with Crippen molar-refractivity contribution in [1.29, 1.82) is 0 Å². The molecule has 1 N–H and O–H groups in total. The summed E-state index contributed by atoms with van der Waals surface area (Å²) in [6, 6.07) is 13.7. The molecule has 0 aliphatic heterocycles. The number of nitrogens with one attached hydrogen (secondary N) is 1. The Bertz CT molecular complexity index is 682. The van der Waals surface area contributed by atoms with Crippen LogP contribution < -0.4 is 5.32 Å². The molecule has 1 amide bonds. The minimum Gasteiger partial charge on any atom is -0.461 e.